The van der Waals surface area contributed by atoms with Crippen LogP contribution in [0.15, 0.2) is 65.1 Å². The Bertz CT molecular complexity index is 957. The Labute approximate surface area is 149 Å². The second-order valence-electron chi connectivity index (χ2n) is 5.63. The van der Waals surface area contributed by atoms with Crippen LogP contribution in [0.4, 0.5) is 0 Å². The third-order valence-electron chi connectivity index (χ3n) is 3.89. The molecule has 2 aromatic carbocycles. The quantitative estimate of drug-likeness (QED) is 0.479. The van der Waals surface area contributed by atoms with E-state index in [-0.39, 0.29) is 0 Å². The fraction of sp³-hybridized carbons (Fsp3) is 0.158. The third-order valence-corrected chi connectivity index (χ3v) is 5.85. The van der Waals surface area contributed by atoms with Crippen LogP contribution in [0.25, 0.3) is 11.0 Å². The zero-order valence-corrected chi connectivity index (χ0v) is 15.0. The Hall–Kier alpha value is -2.11. The van der Waals surface area contributed by atoms with E-state index in [1.165, 1.54) is 16.1 Å². The van der Waals surface area contributed by atoms with Gasteiger partial charge in [0.25, 0.3) is 0 Å². The van der Waals surface area contributed by atoms with Crippen LogP contribution in [0.5, 0.6) is 0 Å². The van der Waals surface area contributed by atoms with E-state index in [1.807, 2.05) is 12.1 Å². The van der Waals surface area contributed by atoms with E-state index in [0.29, 0.717) is 0 Å². The summed E-state index contributed by atoms with van der Waals surface area (Å²) in [5.41, 5.74) is 4.65. The molecule has 0 saturated carbocycles. The minimum Gasteiger partial charge on any atom is -0.322 e. The highest BCUT2D eigenvalue weighted by Crippen LogP contribution is 2.26. The highest BCUT2D eigenvalue weighted by molar-refractivity contribution is 7.98. The summed E-state index contributed by atoms with van der Waals surface area (Å²) in [6, 6.07) is 18.7. The molecule has 0 atom stereocenters. The van der Waals surface area contributed by atoms with Crippen molar-refractivity contribution in [2.24, 2.45) is 7.05 Å². The summed E-state index contributed by atoms with van der Waals surface area (Å²) in [7, 11) is 2.07. The zero-order valence-electron chi connectivity index (χ0n) is 13.3. The third kappa shape index (κ3) is 3.23. The van der Waals surface area contributed by atoms with Crippen LogP contribution in [0, 0.1) is 0 Å². The van der Waals surface area contributed by atoms with E-state index in [0.717, 1.165) is 28.5 Å². The van der Waals surface area contributed by atoms with Gasteiger partial charge in [0, 0.05) is 24.6 Å². The predicted molar refractivity (Wildman–Crippen MR) is 102 cm³/mol. The molecule has 0 fully saturated rings. The molecule has 0 spiro atoms. The van der Waals surface area contributed by atoms with Gasteiger partial charge < -0.3 is 4.57 Å². The number of hydrogen-bond donors (Lipinski definition) is 0. The second-order valence-corrected chi connectivity index (χ2v) is 7.51. The number of fused-ring (bicyclic) bond motifs is 1. The molecule has 4 rings (SSSR count). The summed E-state index contributed by atoms with van der Waals surface area (Å²) >= 11 is 3.48. The molecule has 24 heavy (non-hydrogen) atoms. The van der Waals surface area contributed by atoms with Gasteiger partial charge in [-0.2, -0.15) is 0 Å². The molecular formula is C19H17N3S2. The number of imidazole rings is 1. The molecule has 0 saturated heterocycles. The number of hydrogen-bond acceptors (Lipinski definition) is 4. The molecular weight excluding hydrogens is 334 g/mol. The van der Waals surface area contributed by atoms with Gasteiger partial charge in [0.15, 0.2) is 5.16 Å². The summed E-state index contributed by atoms with van der Waals surface area (Å²) in [5, 5.41) is 4.36. The number of rotatable bonds is 5. The first kappa shape index (κ1) is 15.4. The predicted octanol–water partition coefficient (Wildman–Crippen LogP) is 4.91. The van der Waals surface area contributed by atoms with Gasteiger partial charge in [-0.05, 0) is 17.7 Å². The van der Waals surface area contributed by atoms with Gasteiger partial charge in [-0.25, -0.2) is 9.97 Å². The first-order chi connectivity index (χ1) is 11.8. The number of benzene rings is 2. The molecule has 5 heteroatoms. The molecule has 0 radical (unpaired) electrons. The summed E-state index contributed by atoms with van der Waals surface area (Å²) in [4.78, 5) is 9.47. The smallest absolute Gasteiger partial charge is 0.169 e. The van der Waals surface area contributed by atoms with E-state index < -0.39 is 0 Å². The molecule has 2 aromatic heterocycles. The lowest BCUT2D eigenvalue weighted by Crippen LogP contribution is -1.92. The number of nitrogens with zero attached hydrogens (tertiary/aromatic N) is 3. The molecule has 4 aromatic rings. The average molecular weight is 352 g/mol. The Morgan fingerprint density at radius 3 is 2.62 bits per heavy atom. The van der Waals surface area contributed by atoms with Crippen LogP contribution in [-0.2, 0) is 19.2 Å². The van der Waals surface area contributed by atoms with E-state index in [4.69, 9.17) is 9.97 Å². The Morgan fingerprint density at radius 1 is 1.00 bits per heavy atom. The SMILES string of the molecule is Cn1c(SCc2csc(Cc3ccccc3)n2)nc2ccccc21. The van der Waals surface area contributed by atoms with E-state index in [9.17, 15) is 0 Å². The van der Waals surface area contributed by atoms with Crippen molar-refractivity contribution in [1.82, 2.24) is 14.5 Å². The van der Waals surface area contributed by atoms with E-state index in [1.54, 1.807) is 23.1 Å². The van der Waals surface area contributed by atoms with Gasteiger partial charge >= 0.3 is 0 Å². The fourth-order valence-corrected chi connectivity index (χ4v) is 4.47. The van der Waals surface area contributed by atoms with E-state index >= 15 is 0 Å². The number of thioether (sulfide) groups is 1. The first-order valence-electron chi connectivity index (χ1n) is 7.81. The molecule has 0 aliphatic rings. The topological polar surface area (TPSA) is 30.7 Å². The van der Waals surface area contributed by atoms with Crippen molar-refractivity contribution in [2.75, 3.05) is 0 Å². The lowest BCUT2D eigenvalue weighted by Gasteiger charge is -2.00. The number of aryl methyl sites for hydroxylation is 1. The first-order valence-corrected chi connectivity index (χ1v) is 9.67. The normalized spacial score (nSPS) is 11.2. The summed E-state index contributed by atoms with van der Waals surface area (Å²) < 4.78 is 2.15. The lowest BCUT2D eigenvalue weighted by molar-refractivity contribution is 0.814. The molecule has 0 aliphatic carbocycles. The monoisotopic (exact) mass is 351 g/mol. The molecule has 120 valence electrons. The molecule has 0 bridgehead atoms. The van der Waals surface area contributed by atoms with Crippen molar-refractivity contribution in [3.63, 3.8) is 0 Å². The van der Waals surface area contributed by atoms with Crippen LogP contribution in [0.1, 0.15) is 16.3 Å². The van der Waals surface area contributed by atoms with Crippen molar-refractivity contribution in [2.45, 2.75) is 17.3 Å². The van der Waals surface area contributed by atoms with Gasteiger partial charge in [-0.1, -0.05) is 54.2 Å². The van der Waals surface area contributed by atoms with Gasteiger partial charge in [-0.15, -0.1) is 11.3 Å². The van der Waals surface area contributed by atoms with Crippen molar-refractivity contribution in [3.05, 3.63) is 76.2 Å². The van der Waals surface area contributed by atoms with Crippen LogP contribution in [0.2, 0.25) is 0 Å². The molecule has 3 nitrogen and oxygen atoms in total. The van der Waals surface area contributed by atoms with Crippen LogP contribution in [0.3, 0.4) is 0 Å². The second kappa shape index (κ2) is 6.79. The molecule has 0 aliphatic heterocycles. The maximum absolute atomic E-state index is 4.76. The van der Waals surface area contributed by atoms with Gasteiger partial charge in [0.2, 0.25) is 0 Å². The van der Waals surface area contributed by atoms with Gasteiger partial charge in [0.05, 0.1) is 21.7 Å². The van der Waals surface area contributed by atoms with Crippen molar-refractivity contribution < 1.29 is 0 Å². The van der Waals surface area contributed by atoms with Crippen LogP contribution < -0.4 is 0 Å². The fourth-order valence-electron chi connectivity index (χ4n) is 2.66. The zero-order chi connectivity index (χ0) is 16.4. The van der Waals surface area contributed by atoms with Crippen LogP contribution >= 0.6 is 23.1 Å². The highest BCUT2D eigenvalue weighted by atomic mass is 32.2. The van der Waals surface area contributed by atoms with Crippen molar-refractivity contribution in [1.29, 1.82) is 0 Å². The number of aromatic nitrogens is 3. The minimum atomic E-state index is 0.850. The molecule has 0 unspecified atom stereocenters. The number of para-hydroxylation sites is 2. The van der Waals surface area contributed by atoms with Crippen molar-refractivity contribution >= 4 is 34.1 Å². The molecule has 0 N–H and O–H groups in total. The Balaban J connectivity index is 1.45. The molecule has 0 amide bonds. The van der Waals surface area contributed by atoms with Gasteiger partial charge in [0.1, 0.15) is 0 Å². The molecule has 2 heterocycles. The van der Waals surface area contributed by atoms with Crippen molar-refractivity contribution in [3.8, 4) is 0 Å². The summed E-state index contributed by atoms with van der Waals surface area (Å²) in [5.74, 6) is 0.850. The van der Waals surface area contributed by atoms with Crippen LogP contribution in [-0.4, -0.2) is 14.5 Å². The van der Waals surface area contributed by atoms with E-state index in [2.05, 4.69) is 59.5 Å². The average Bonchev–Trinajstić information content (AvgIpc) is 3.19. The minimum absolute atomic E-state index is 0.850. The lowest BCUT2D eigenvalue weighted by atomic mass is 10.2. The number of thiazole rings is 1. The summed E-state index contributed by atoms with van der Waals surface area (Å²) in [6.45, 7) is 0. The maximum Gasteiger partial charge on any atom is 0.169 e. The standard InChI is InChI=1S/C19H17N3S2/c1-22-17-10-6-5-9-16(17)21-19(22)24-13-15-12-23-18(20-15)11-14-7-3-2-4-8-14/h2-10,12H,11,13H2,1H3. The Kier molecular flexibility index (Phi) is 4.36. The highest BCUT2D eigenvalue weighted by Gasteiger charge is 2.09. The van der Waals surface area contributed by atoms with Gasteiger partial charge in [-0.3, -0.25) is 0 Å². The Morgan fingerprint density at radius 2 is 1.79 bits per heavy atom. The summed E-state index contributed by atoms with van der Waals surface area (Å²) in [6.07, 6.45) is 0.905. The largest absolute Gasteiger partial charge is 0.322 e. The maximum atomic E-state index is 4.76.